The minimum Gasteiger partial charge on any atom is -0.346 e. The van der Waals surface area contributed by atoms with Crippen molar-refractivity contribution in [2.45, 2.75) is 13.0 Å². The van der Waals surface area contributed by atoms with Gasteiger partial charge < -0.3 is 16.0 Å². The Morgan fingerprint density at radius 3 is 2.40 bits per heavy atom. The zero-order chi connectivity index (χ0) is 18.1. The molecular weight excluding hydrogens is 314 g/mol. The van der Waals surface area contributed by atoms with Gasteiger partial charge in [0.15, 0.2) is 0 Å². The highest BCUT2D eigenvalue weighted by Gasteiger charge is 2.11. The molecule has 0 aliphatic rings. The van der Waals surface area contributed by atoms with Crippen LogP contribution in [0.3, 0.4) is 0 Å². The zero-order valence-corrected chi connectivity index (χ0v) is 14.3. The van der Waals surface area contributed by atoms with E-state index in [-0.39, 0.29) is 24.4 Å². The van der Waals surface area contributed by atoms with Crippen molar-refractivity contribution in [1.29, 1.82) is 0 Å². The van der Waals surface area contributed by atoms with E-state index in [1.807, 2.05) is 37.3 Å². The van der Waals surface area contributed by atoms with Crippen LogP contribution in [0.5, 0.6) is 0 Å². The molecule has 3 N–H and O–H groups in total. The molecule has 130 valence electrons. The van der Waals surface area contributed by atoms with Gasteiger partial charge in [-0.3, -0.25) is 9.59 Å². The van der Waals surface area contributed by atoms with Gasteiger partial charge in [0, 0.05) is 17.8 Å². The number of anilines is 1. The Balaban J connectivity index is 1.89. The minimum absolute atomic E-state index is 0.0796. The number of nitrogens with one attached hydrogen (secondary N) is 3. The van der Waals surface area contributed by atoms with E-state index in [4.69, 9.17) is 0 Å². The summed E-state index contributed by atoms with van der Waals surface area (Å²) in [5.41, 5.74) is 2.25. The highest BCUT2D eigenvalue weighted by molar-refractivity contribution is 5.96. The molecule has 25 heavy (non-hydrogen) atoms. The molecule has 0 fully saturated rings. The van der Waals surface area contributed by atoms with Crippen molar-refractivity contribution in [3.05, 3.63) is 78.4 Å². The molecule has 0 saturated carbocycles. The summed E-state index contributed by atoms with van der Waals surface area (Å²) in [4.78, 5) is 24.0. The van der Waals surface area contributed by atoms with Crippen molar-refractivity contribution < 1.29 is 9.59 Å². The molecule has 5 nitrogen and oxygen atoms in total. The van der Waals surface area contributed by atoms with Gasteiger partial charge >= 0.3 is 0 Å². The second-order valence-corrected chi connectivity index (χ2v) is 5.65. The van der Waals surface area contributed by atoms with Gasteiger partial charge in [0.05, 0.1) is 12.6 Å². The molecular formula is C20H23N3O2. The summed E-state index contributed by atoms with van der Waals surface area (Å²) in [5, 5.41) is 8.66. The summed E-state index contributed by atoms with van der Waals surface area (Å²) in [6, 6.07) is 16.5. The second-order valence-electron chi connectivity index (χ2n) is 5.65. The number of amides is 2. The molecule has 2 rings (SSSR count). The fourth-order valence-electron chi connectivity index (χ4n) is 2.30. The van der Waals surface area contributed by atoms with Gasteiger partial charge in [-0.15, -0.1) is 6.58 Å². The lowest BCUT2D eigenvalue weighted by atomic mass is 10.1. The number of carbonyl (C=O) groups excluding carboxylic acids is 2. The lowest BCUT2D eigenvalue weighted by Gasteiger charge is -2.14. The Morgan fingerprint density at radius 1 is 1.08 bits per heavy atom. The van der Waals surface area contributed by atoms with E-state index in [0.717, 1.165) is 5.56 Å². The maximum atomic E-state index is 12.3. The van der Waals surface area contributed by atoms with Crippen molar-refractivity contribution in [2.24, 2.45) is 0 Å². The average molecular weight is 337 g/mol. The SMILES string of the molecule is C=CCNCC(=O)Nc1ccc(C(=O)NC(C)c2ccccc2)cc1. The summed E-state index contributed by atoms with van der Waals surface area (Å²) < 4.78 is 0. The molecule has 5 heteroatoms. The molecule has 0 heterocycles. The Labute approximate surface area is 148 Å². The molecule has 0 aromatic heterocycles. The van der Waals surface area contributed by atoms with E-state index >= 15 is 0 Å². The highest BCUT2D eigenvalue weighted by atomic mass is 16.2. The first-order valence-corrected chi connectivity index (χ1v) is 8.17. The molecule has 0 aliphatic carbocycles. The molecule has 0 bridgehead atoms. The highest BCUT2D eigenvalue weighted by Crippen LogP contribution is 2.14. The maximum absolute atomic E-state index is 12.3. The van der Waals surface area contributed by atoms with Crippen LogP contribution in [0, 0.1) is 0 Å². The predicted molar refractivity (Wildman–Crippen MR) is 100 cm³/mol. The van der Waals surface area contributed by atoms with Gasteiger partial charge in [0.25, 0.3) is 5.91 Å². The van der Waals surface area contributed by atoms with Crippen molar-refractivity contribution in [3.63, 3.8) is 0 Å². The Bertz CT molecular complexity index is 711. The van der Waals surface area contributed by atoms with Crippen molar-refractivity contribution in [3.8, 4) is 0 Å². The lowest BCUT2D eigenvalue weighted by Crippen LogP contribution is -2.28. The molecule has 1 unspecified atom stereocenters. The van der Waals surface area contributed by atoms with Crippen LogP contribution in [-0.4, -0.2) is 24.9 Å². The van der Waals surface area contributed by atoms with Gasteiger partial charge in [-0.25, -0.2) is 0 Å². The molecule has 2 aromatic carbocycles. The van der Waals surface area contributed by atoms with E-state index in [0.29, 0.717) is 17.8 Å². The van der Waals surface area contributed by atoms with Gasteiger partial charge in [-0.1, -0.05) is 36.4 Å². The number of benzene rings is 2. The summed E-state index contributed by atoms with van der Waals surface area (Å²) >= 11 is 0. The van der Waals surface area contributed by atoms with Crippen LogP contribution in [0.4, 0.5) is 5.69 Å². The summed E-state index contributed by atoms with van der Waals surface area (Å²) in [6.07, 6.45) is 1.69. The summed E-state index contributed by atoms with van der Waals surface area (Å²) in [7, 11) is 0. The number of rotatable bonds is 8. The molecule has 0 aliphatic heterocycles. The van der Waals surface area contributed by atoms with E-state index in [2.05, 4.69) is 22.5 Å². The number of hydrogen-bond acceptors (Lipinski definition) is 3. The first kappa shape index (κ1) is 18.4. The first-order valence-electron chi connectivity index (χ1n) is 8.17. The largest absolute Gasteiger partial charge is 0.346 e. The maximum Gasteiger partial charge on any atom is 0.251 e. The van der Waals surface area contributed by atoms with Crippen LogP contribution in [-0.2, 0) is 4.79 Å². The first-order chi connectivity index (χ1) is 12.1. The van der Waals surface area contributed by atoms with Crippen molar-refractivity contribution in [1.82, 2.24) is 10.6 Å². The van der Waals surface area contributed by atoms with Crippen LogP contribution >= 0.6 is 0 Å². The van der Waals surface area contributed by atoms with Crippen LogP contribution < -0.4 is 16.0 Å². The molecule has 2 aromatic rings. The van der Waals surface area contributed by atoms with Crippen LogP contribution in [0.25, 0.3) is 0 Å². The molecule has 0 saturated heterocycles. The smallest absolute Gasteiger partial charge is 0.251 e. The normalized spacial score (nSPS) is 11.4. The Kier molecular flexibility index (Phi) is 6.92. The van der Waals surface area contributed by atoms with Crippen LogP contribution in [0.15, 0.2) is 67.3 Å². The van der Waals surface area contributed by atoms with E-state index in [1.54, 1.807) is 30.3 Å². The van der Waals surface area contributed by atoms with Gasteiger partial charge in [-0.2, -0.15) is 0 Å². The predicted octanol–water partition coefficient (Wildman–Crippen LogP) is 2.89. The fourth-order valence-corrected chi connectivity index (χ4v) is 2.30. The van der Waals surface area contributed by atoms with Gasteiger partial charge in [0.2, 0.25) is 5.91 Å². The average Bonchev–Trinajstić information content (AvgIpc) is 2.63. The van der Waals surface area contributed by atoms with E-state index in [1.165, 1.54) is 0 Å². The van der Waals surface area contributed by atoms with Crippen LogP contribution in [0.1, 0.15) is 28.9 Å². The van der Waals surface area contributed by atoms with E-state index in [9.17, 15) is 9.59 Å². The van der Waals surface area contributed by atoms with Crippen molar-refractivity contribution >= 4 is 17.5 Å². The molecule has 1 atom stereocenters. The topological polar surface area (TPSA) is 70.2 Å². The zero-order valence-electron chi connectivity index (χ0n) is 14.3. The number of carbonyl (C=O) groups is 2. The molecule has 0 radical (unpaired) electrons. The number of hydrogen-bond donors (Lipinski definition) is 3. The lowest BCUT2D eigenvalue weighted by molar-refractivity contribution is -0.115. The molecule has 2 amide bonds. The minimum atomic E-state index is -0.151. The summed E-state index contributed by atoms with van der Waals surface area (Å²) in [5.74, 6) is -0.293. The Hall–Kier alpha value is -2.92. The third-order valence-electron chi connectivity index (χ3n) is 3.65. The second kappa shape index (κ2) is 9.39. The van der Waals surface area contributed by atoms with Gasteiger partial charge in [0.1, 0.15) is 0 Å². The standard InChI is InChI=1S/C20H23N3O2/c1-3-13-21-14-19(24)23-18-11-9-17(10-12-18)20(25)22-15(2)16-7-5-4-6-8-16/h3-12,15,21H,1,13-14H2,2H3,(H,22,25)(H,23,24). The Morgan fingerprint density at radius 2 is 1.76 bits per heavy atom. The quantitative estimate of drug-likeness (QED) is 0.512. The monoisotopic (exact) mass is 337 g/mol. The molecule has 0 spiro atoms. The third-order valence-corrected chi connectivity index (χ3v) is 3.65. The van der Waals surface area contributed by atoms with Gasteiger partial charge in [-0.05, 0) is 36.8 Å². The van der Waals surface area contributed by atoms with E-state index < -0.39 is 0 Å². The summed E-state index contributed by atoms with van der Waals surface area (Å²) in [6.45, 7) is 6.30. The fraction of sp³-hybridized carbons (Fsp3) is 0.200. The van der Waals surface area contributed by atoms with Crippen LogP contribution in [0.2, 0.25) is 0 Å². The van der Waals surface area contributed by atoms with Crippen molar-refractivity contribution in [2.75, 3.05) is 18.4 Å². The third kappa shape index (κ3) is 5.90.